The van der Waals surface area contributed by atoms with Crippen molar-refractivity contribution in [3.8, 4) is 0 Å². The van der Waals surface area contributed by atoms with Crippen LogP contribution in [-0.4, -0.2) is 30.6 Å². The van der Waals surface area contributed by atoms with Crippen molar-refractivity contribution >= 4 is 0 Å². The lowest BCUT2D eigenvalue weighted by molar-refractivity contribution is -0.532. The number of ether oxygens (including phenoxy) is 2. The molecule has 0 bridgehead atoms. The molecule has 2 nitrogen and oxygen atoms in total. The second-order valence-corrected chi connectivity index (χ2v) is 2.89. The second-order valence-electron chi connectivity index (χ2n) is 2.89. The molecule has 0 aromatic rings. The largest absolute Gasteiger partial charge is 0.483 e. The standard InChI is InChI=1S/C6H2F11O2/c1-2(7,8)18-5(14,15)6(16,17)19-4(12,13)3(9,10)11/h1H2. The van der Waals surface area contributed by atoms with Crippen molar-refractivity contribution in [1.82, 2.24) is 0 Å². The van der Waals surface area contributed by atoms with Crippen LogP contribution in [0.5, 0.6) is 0 Å². The Morgan fingerprint density at radius 1 is 0.526 bits per heavy atom. The van der Waals surface area contributed by atoms with Crippen LogP contribution in [0, 0.1) is 6.92 Å². The highest BCUT2D eigenvalue weighted by molar-refractivity contribution is 4.75. The Morgan fingerprint density at radius 3 is 1.11 bits per heavy atom. The maximum atomic E-state index is 12.3. The van der Waals surface area contributed by atoms with Gasteiger partial charge in [-0.1, -0.05) is 0 Å². The quantitative estimate of drug-likeness (QED) is 0.719. The molecular weight excluding hydrogens is 313 g/mol. The van der Waals surface area contributed by atoms with E-state index in [0.717, 1.165) is 0 Å². The number of hydrogen-bond acceptors (Lipinski definition) is 2. The van der Waals surface area contributed by atoms with Crippen LogP contribution in [0.4, 0.5) is 48.3 Å². The van der Waals surface area contributed by atoms with Crippen LogP contribution >= 0.6 is 0 Å². The Balaban J connectivity index is 5.18. The molecule has 0 atom stereocenters. The molecule has 0 unspecified atom stereocenters. The van der Waals surface area contributed by atoms with E-state index in [-0.39, 0.29) is 0 Å². The predicted octanol–water partition coefficient (Wildman–Crippen LogP) is 3.79. The van der Waals surface area contributed by atoms with Gasteiger partial charge in [0.1, 0.15) is 0 Å². The zero-order chi connectivity index (χ0) is 15.9. The minimum Gasteiger partial charge on any atom is -0.248 e. The summed E-state index contributed by atoms with van der Waals surface area (Å²) in [6.45, 7) is 1.48. The molecule has 13 heteroatoms. The summed E-state index contributed by atoms with van der Waals surface area (Å²) in [6, 6.07) is 0. The predicted molar refractivity (Wildman–Crippen MR) is 33.4 cm³/mol. The average molecular weight is 315 g/mol. The Labute approximate surface area is 96.6 Å². The van der Waals surface area contributed by atoms with Gasteiger partial charge in [-0.3, -0.25) is 0 Å². The monoisotopic (exact) mass is 315 g/mol. The molecule has 0 aliphatic heterocycles. The normalized spacial score (nSPS) is 15.8. The fourth-order valence-corrected chi connectivity index (χ4v) is 0.525. The first-order valence-electron chi connectivity index (χ1n) is 3.75. The van der Waals surface area contributed by atoms with Gasteiger partial charge in [-0.05, 0) is 0 Å². The van der Waals surface area contributed by atoms with E-state index in [4.69, 9.17) is 0 Å². The van der Waals surface area contributed by atoms with Crippen LogP contribution in [0.1, 0.15) is 0 Å². The maximum Gasteiger partial charge on any atom is 0.483 e. The average Bonchev–Trinajstić information content (AvgIpc) is 1.92. The van der Waals surface area contributed by atoms with Gasteiger partial charge >= 0.3 is 30.6 Å². The highest BCUT2D eigenvalue weighted by Gasteiger charge is 2.72. The molecule has 0 aliphatic carbocycles. The van der Waals surface area contributed by atoms with Gasteiger partial charge in [0.2, 0.25) is 0 Å². The highest BCUT2D eigenvalue weighted by atomic mass is 19.4. The lowest BCUT2D eigenvalue weighted by Crippen LogP contribution is -2.54. The molecular formula is C6H2F11O2. The van der Waals surface area contributed by atoms with Gasteiger partial charge in [0, 0.05) is 6.92 Å². The lowest BCUT2D eigenvalue weighted by Gasteiger charge is -2.30. The molecule has 0 saturated heterocycles. The third-order valence-electron chi connectivity index (χ3n) is 1.20. The zero-order valence-electron chi connectivity index (χ0n) is 8.18. The fraction of sp³-hybridized carbons (Fsp3) is 0.833. The van der Waals surface area contributed by atoms with E-state index in [0.29, 0.717) is 0 Å². The first-order valence-corrected chi connectivity index (χ1v) is 3.75. The second kappa shape index (κ2) is 4.61. The molecule has 0 amide bonds. The van der Waals surface area contributed by atoms with E-state index in [9.17, 15) is 48.3 Å². The van der Waals surface area contributed by atoms with E-state index >= 15 is 0 Å². The first kappa shape index (κ1) is 18.1. The molecule has 0 spiro atoms. The maximum absolute atomic E-state index is 12.3. The van der Waals surface area contributed by atoms with Crippen molar-refractivity contribution in [2.75, 3.05) is 0 Å². The van der Waals surface area contributed by atoms with Crippen molar-refractivity contribution in [3.63, 3.8) is 0 Å². The summed E-state index contributed by atoms with van der Waals surface area (Å²) < 4.78 is 135. The minimum atomic E-state index is -6.78. The Kier molecular flexibility index (Phi) is 4.40. The Morgan fingerprint density at radius 2 is 0.842 bits per heavy atom. The molecule has 0 rings (SSSR count). The topological polar surface area (TPSA) is 18.5 Å². The summed E-state index contributed by atoms with van der Waals surface area (Å²) in [6.07, 6.45) is -31.9. The van der Waals surface area contributed by atoms with Crippen molar-refractivity contribution in [1.29, 1.82) is 0 Å². The molecule has 19 heavy (non-hydrogen) atoms. The molecule has 0 heterocycles. The number of halogens is 11. The zero-order valence-corrected chi connectivity index (χ0v) is 8.18. The van der Waals surface area contributed by atoms with E-state index in [2.05, 4.69) is 0 Å². The molecule has 0 aliphatic rings. The molecule has 0 N–H and O–H groups in total. The molecule has 0 saturated carbocycles. The van der Waals surface area contributed by atoms with E-state index in [1.54, 1.807) is 4.74 Å². The SMILES string of the molecule is [CH2]C(F)(F)OC(F)(F)C(F)(F)OC(F)(F)C(F)(F)F. The number of hydrogen-bond donors (Lipinski definition) is 0. The van der Waals surface area contributed by atoms with Crippen LogP contribution in [0.15, 0.2) is 0 Å². The molecule has 0 aromatic carbocycles. The smallest absolute Gasteiger partial charge is 0.248 e. The fourth-order valence-electron chi connectivity index (χ4n) is 0.525. The number of rotatable bonds is 5. The Hall–Kier alpha value is -0.850. The summed E-state index contributed by atoms with van der Waals surface area (Å²) >= 11 is 0. The third-order valence-corrected chi connectivity index (χ3v) is 1.20. The van der Waals surface area contributed by atoms with E-state index in [1.807, 2.05) is 4.74 Å². The summed E-state index contributed by atoms with van der Waals surface area (Å²) in [4.78, 5) is 0. The van der Waals surface area contributed by atoms with Gasteiger partial charge in [-0.15, -0.1) is 0 Å². The van der Waals surface area contributed by atoms with Crippen LogP contribution in [0.3, 0.4) is 0 Å². The Bertz CT molecular complexity index is 314. The molecule has 1 radical (unpaired) electrons. The van der Waals surface area contributed by atoms with Gasteiger partial charge in [0.15, 0.2) is 0 Å². The molecule has 115 valence electrons. The van der Waals surface area contributed by atoms with Gasteiger partial charge < -0.3 is 0 Å². The van der Waals surface area contributed by atoms with Crippen molar-refractivity contribution in [3.05, 3.63) is 6.92 Å². The summed E-state index contributed by atoms with van der Waals surface area (Å²) in [5.41, 5.74) is 0. The minimum absolute atomic E-state index is 1.48. The van der Waals surface area contributed by atoms with Crippen molar-refractivity contribution in [2.45, 2.75) is 30.6 Å². The van der Waals surface area contributed by atoms with Crippen molar-refractivity contribution < 1.29 is 57.8 Å². The molecule has 0 fully saturated rings. The molecule has 0 aromatic heterocycles. The van der Waals surface area contributed by atoms with Crippen molar-refractivity contribution in [2.24, 2.45) is 0 Å². The van der Waals surface area contributed by atoms with Gasteiger partial charge in [0.25, 0.3) is 0 Å². The van der Waals surface area contributed by atoms with Gasteiger partial charge in [0.05, 0.1) is 0 Å². The van der Waals surface area contributed by atoms with Crippen LogP contribution < -0.4 is 0 Å². The lowest BCUT2D eigenvalue weighted by atomic mass is 10.5. The van der Waals surface area contributed by atoms with Crippen LogP contribution in [0.25, 0.3) is 0 Å². The third kappa shape index (κ3) is 4.63. The summed E-state index contributed by atoms with van der Waals surface area (Å²) in [7, 11) is 0. The van der Waals surface area contributed by atoms with Gasteiger partial charge in [-0.25, -0.2) is 9.47 Å². The first-order chi connectivity index (χ1) is 7.91. The van der Waals surface area contributed by atoms with Crippen LogP contribution in [-0.2, 0) is 9.47 Å². The summed E-state index contributed by atoms with van der Waals surface area (Å²) in [5.74, 6) is 0. The number of alkyl halides is 11. The summed E-state index contributed by atoms with van der Waals surface area (Å²) in [5, 5.41) is 0. The van der Waals surface area contributed by atoms with E-state index < -0.39 is 30.6 Å². The van der Waals surface area contributed by atoms with Crippen LogP contribution in [0.2, 0.25) is 0 Å². The van der Waals surface area contributed by atoms with E-state index in [1.165, 1.54) is 6.92 Å². The highest BCUT2D eigenvalue weighted by Crippen LogP contribution is 2.47. The van der Waals surface area contributed by atoms with Gasteiger partial charge in [-0.2, -0.15) is 48.3 Å².